The number of hydrogen-bond acceptors (Lipinski definition) is 12. The molecule has 7 rings (SSSR count). The molecule has 3 aliphatic heterocycles. The molecule has 2 aromatic carbocycles. The number of hydrogen-bond donors (Lipinski definition) is 2. The van der Waals surface area contributed by atoms with E-state index in [4.69, 9.17) is 14.7 Å². The van der Waals surface area contributed by atoms with Crippen molar-refractivity contribution in [2.45, 2.75) is 58.6 Å². The van der Waals surface area contributed by atoms with E-state index in [-0.39, 0.29) is 32.2 Å². The Bertz CT molecular complexity index is 2100. The van der Waals surface area contributed by atoms with Crippen molar-refractivity contribution in [1.29, 1.82) is 0 Å². The van der Waals surface area contributed by atoms with E-state index < -0.39 is 27.9 Å². The Hall–Kier alpha value is -4.99. The van der Waals surface area contributed by atoms with Crippen molar-refractivity contribution in [3.05, 3.63) is 70.0 Å². The molecule has 4 amide bonds. The van der Waals surface area contributed by atoms with Crippen molar-refractivity contribution in [3.63, 3.8) is 0 Å². The summed E-state index contributed by atoms with van der Waals surface area (Å²) in [6.07, 6.45) is 8.00. The van der Waals surface area contributed by atoms with Crippen molar-refractivity contribution in [1.82, 2.24) is 35.1 Å². The molecule has 0 radical (unpaired) electrons. The molecule has 0 bridgehead atoms. The molecule has 0 saturated carbocycles. The lowest BCUT2D eigenvalue weighted by atomic mass is 9.85. The number of imide groups is 2. The molecule has 0 spiro atoms. The summed E-state index contributed by atoms with van der Waals surface area (Å²) in [7, 11) is 0. The van der Waals surface area contributed by atoms with Gasteiger partial charge in [-0.25, -0.2) is 14.5 Å². The number of nitrogens with zero attached hydrogens (tertiary/aromatic N) is 5. The smallest absolute Gasteiger partial charge is 0.309 e. The summed E-state index contributed by atoms with van der Waals surface area (Å²) in [4.78, 5) is 81.7. The fourth-order valence-corrected chi connectivity index (χ4v) is 8.35. The zero-order valence-corrected chi connectivity index (χ0v) is 29.9. The van der Waals surface area contributed by atoms with Crippen LogP contribution in [0.1, 0.15) is 58.1 Å². The van der Waals surface area contributed by atoms with Gasteiger partial charge in [0.1, 0.15) is 24.3 Å². The maximum absolute atomic E-state index is 13.5. The summed E-state index contributed by atoms with van der Waals surface area (Å²) in [6.45, 7) is 8.10. The minimum Gasteiger partial charge on any atom is -0.460 e. The third-order valence-electron chi connectivity index (χ3n) is 9.13. The van der Waals surface area contributed by atoms with E-state index >= 15 is 0 Å². The zero-order valence-electron chi connectivity index (χ0n) is 28.3. The molecule has 13 nitrogen and oxygen atoms in total. The van der Waals surface area contributed by atoms with Gasteiger partial charge in [-0.2, -0.15) is 9.97 Å². The molecule has 2 aromatic heterocycles. The fraction of sp³-hybridized carbons (Fsp3) is 0.306. The van der Waals surface area contributed by atoms with Crippen molar-refractivity contribution < 1.29 is 28.7 Å². The molecule has 0 aliphatic carbocycles. The lowest BCUT2D eigenvalue weighted by Crippen LogP contribution is -2.59. The first-order valence-corrected chi connectivity index (χ1v) is 18.1. The van der Waals surface area contributed by atoms with Crippen LogP contribution in [0.3, 0.4) is 0 Å². The van der Waals surface area contributed by atoms with Gasteiger partial charge in [0.15, 0.2) is 0 Å². The van der Waals surface area contributed by atoms with Crippen LogP contribution in [0, 0.1) is 5.92 Å². The SMILES string of the molecule is CCC1CC(C(=O)OC(C)(C)C)CC[N+]1(c1ncnc2ccc(C=C3SC(=O)NC3=O)cc12)c1ncnc2ccc(C=C3SC(=O)NC3=O)cc12. The molecule has 15 heteroatoms. The maximum Gasteiger partial charge on any atom is 0.309 e. The van der Waals surface area contributed by atoms with Gasteiger partial charge in [-0.15, -0.1) is 0 Å². The third kappa shape index (κ3) is 6.64. The summed E-state index contributed by atoms with van der Waals surface area (Å²) in [5, 5.41) is 5.18. The van der Waals surface area contributed by atoms with E-state index in [1.165, 1.54) is 12.7 Å². The van der Waals surface area contributed by atoms with Crippen LogP contribution in [0.2, 0.25) is 0 Å². The lowest BCUT2D eigenvalue weighted by molar-refractivity contribution is -0.162. The van der Waals surface area contributed by atoms with Gasteiger partial charge < -0.3 is 4.74 Å². The molecule has 3 fully saturated rings. The number of piperidine rings is 1. The second-order valence-electron chi connectivity index (χ2n) is 13.6. The number of aromatic nitrogens is 4. The standard InChI is InChI=1S/C36H33N7O6S2/c1-5-22-16-21(33(46)49-36(2,3)4)10-11-43(22,29-23-12-19(6-8-25(23)37-17-39-29)14-27-31(44)41-34(47)50-27)30-24-13-20(7-9-26(24)38-18-40-30)15-28-32(45)42-35(48)51-28/h6-9,12-15,17-18,21-22H,5,10-11,16H2,1-4H3,(H-,41,42,44,45,47,48)/p+1. The Morgan fingerprint density at radius 1 is 0.843 bits per heavy atom. The third-order valence-corrected chi connectivity index (χ3v) is 10.8. The Morgan fingerprint density at radius 3 is 1.78 bits per heavy atom. The van der Waals surface area contributed by atoms with Gasteiger partial charge >= 0.3 is 5.97 Å². The minimum absolute atomic E-state index is 0.162. The molecule has 260 valence electrons. The van der Waals surface area contributed by atoms with Gasteiger partial charge in [-0.05, 0) is 98.3 Å². The number of rotatable bonds is 6. The Balaban J connectivity index is 1.44. The summed E-state index contributed by atoms with van der Waals surface area (Å²) < 4.78 is 6.02. The first-order chi connectivity index (χ1) is 24.3. The maximum atomic E-state index is 13.5. The summed E-state index contributed by atoms with van der Waals surface area (Å²) in [6, 6.07) is 11.0. The van der Waals surface area contributed by atoms with Crippen LogP contribution in [-0.2, 0) is 19.1 Å². The van der Waals surface area contributed by atoms with Crippen LogP contribution in [0.5, 0.6) is 0 Å². The van der Waals surface area contributed by atoms with Gasteiger partial charge in [0.2, 0.25) is 11.6 Å². The van der Waals surface area contributed by atoms with Crippen molar-refractivity contribution in [3.8, 4) is 0 Å². The highest BCUT2D eigenvalue weighted by molar-refractivity contribution is 8.18. The van der Waals surface area contributed by atoms with Gasteiger partial charge in [0.05, 0.1) is 44.1 Å². The number of esters is 1. The molecule has 2 unspecified atom stereocenters. The number of nitrogens with one attached hydrogen (secondary N) is 2. The van der Waals surface area contributed by atoms with Crippen LogP contribution >= 0.6 is 23.5 Å². The summed E-state index contributed by atoms with van der Waals surface area (Å²) in [5.41, 5.74) is 2.07. The second-order valence-corrected chi connectivity index (χ2v) is 15.6. The van der Waals surface area contributed by atoms with Crippen LogP contribution in [0.15, 0.2) is 58.9 Å². The quantitative estimate of drug-likeness (QED) is 0.128. The van der Waals surface area contributed by atoms with E-state index in [1.807, 2.05) is 57.2 Å². The molecular weight excluding hydrogens is 691 g/mol. The largest absolute Gasteiger partial charge is 0.460 e. The van der Waals surface area contributed by atoms with Crippen molar-refractivity contribution in [2.24, 2.45) is 5.92 Å². The van der Waals surface area contributed by atoms with Crippen LogP contribution < -0.4 is 15.1 Å². The van der Waals surface area contributed by atoms with Gasteiger partial charge in [-0.1, -0.05) is 19.1 Å². The number of ether oxygens (including phenoxy) is 1. The average Bonchev–Trinajstić information content (AvgIpc) is 3.59. The molecule has 2 atom stereocenters. The molecule has 3 saturated heterocycles. The second kappa shape index (κ2) is 13.3. The van der Waals surface area contributed by atoms with E-state index in [0.717, 1.165) is 34.3 Å². The van der Waals surface area contributed by atoms with E-state index in [9.17, 15) is 24.0 Å². The number of carbonyl (C=O) groups is 5. The number of fused-ring (bicyclic) bond motifs is 2. The average molecular weight is 725 g/mol. The molecule has 5 heterocycles. The van der Waals surface area contributed by atoms with Gasteiger partial charge in [0, 0.05) is 12.8 Å². The summed E-state index contributed by atoms with van der Waals surface area (Å²) >= 11 is 1.69. The monoisotopic (exact) mass is 724 g/mol. The number of benzene rings is 2. The topological polar surface area (TPSA) is 170 Å². The zero-order chi connectivity index (χ0) is 36.1. The number of carbonyl (C=O) groups excluding carboxylic acids is 5. The van der Waals surface area contributed by atoms with Crippen LogP contribution in [0.25, 0.3) is 34.0 Å². The molecule has 4 aromatic rings. The Morgan fingerprint density at radius 2 is 1.35 bits per heavy atom. The molecule has 51 heavy (non-hydrogen) atoms. The fourth-order valence-electron chi connectivity index (χ4n) is 6.99. The van der Waals surface area contributed by atoms with Gasteiger partial charge in [0.25, 0.3) is 22.3 Å². The first kappa shape index (κ1) is 34.5. The van der Waals surface area contributed by atoms with E-state index in [0.29, 0.717) is 59.6 Å². The van der Waals surface area contributed by atoms with Crippen LogP contribution in [0.4, 0.5) is 21.2 Å². The van der Waals surface area contributed by atoms with Gasteiger partial charge in [-0.3, -0.25) is 34.6 Å². The van der Waals surface area contributed by atoms with Crippen molar-refractivity contribution in [2.75, 3.05) is 6.54 Å². The highest BCUT2D eigenvalue weighted by atomic mass is 32.2. The predicted octanol–water partition coefficient (Wildman–Crippen LogP) is 6.39. The lowest BCUT2D eigenvalue weighted by Gasteiger charge is -2.47. The van der Waals surface area contributed by atoms with Crippen LogP contribution in [-0.4, -0.2) is 66.4 Å². The Kier molecular flexibility index (Phi) is 8.98. The molecular formula is C36H34N7O6S2+. The van der Waals surface area contributed by atoms with E-state index in [1.54, 1.807) is 12.2 Å². The molecule has 2 N–H and O–H groups in total. The normalized spacial score (nSPS) is 24.1. The minimum atomic E-state index is -0.637. The number of amides is 4. The number of thioether (sulfide) groups is 2. The summed E-state index contributed by atoms with van der Waals surface area (Å²) in [5.74, 6) is -0.184. The number of quaternary nitrogens is 1. The van der Waals surface area contributed by atoms with Crippen molar-refractivity contribution >= 4 is 97.4 Å². The predicted molar refractivity (Wildman–Crippen MR) is 196 cm³/mol. The highest BCUT2D eigenvalue weighted by Crippen LogP contribution is 2.48. The Labute approximate surface area is 301 Å². The molecule has 3 aliphatic rings. The highest BCUT2D eigenvalue weighted by Gasteiger charge is 2.51. The van der Waals surface area contributed by atoms with E-state index in [2.05, 4.69) is 27.5 Å². The first-order valence-electron chi connectivity index (χ1n) is 16.5.